The number of hydrogen-bond donors (Lipinski definition) is 1. The summed E-state index contributed by atoms with van der Waals surface area (Å²) in [5.74, 6) is 0. The summed E-state index contributed by atoms with van der Waals surface area (Å²) in [6.45, 7) is 2.59. The van der Waals surface area contributed by atoms with Crippen molar-refractivity contribution < 1.29 is 0 Å². The van der Waals surface area contributed by atoms with Crippen LogP contribution in [-0.2, 0) is 0 Å². The van der Waals surface area contributed by atoms with E-state index in [1.807, 2.05) is 13.0 Å². The lowest BCUT2D eigenvalue weighted by molar-refractivity contribution is 1.00. The largest absolute Gasteiger partial charge is 0.330 e. The molecule has 0 aliphatic carbocycles. The number of aliphatic imine (C=N–C) groups is 1. The van der Waals surface area contributed by atoms with E-state index in [4.69, 9.17) is 5.73 Å². The fourth-order valence-electron chi connectivity index (χ4n) is 0.318. The minimum absolute atomic E-state index is 0.704. The van der Waals surface area contributed by atoms with E-state index in [0.717, 1.165) is 6.42 Å². The summed E-state index contributed by atoms with van der Waals surface area (Å²) in [4.78, 5) is 3.85. The van der Waals surface area contributed by atoms with Crippen molar-refractivity contribution in [1.82, 2.24) is 0 Å². The molecule has 0 amide bonds. The van der Waals surface area contributed by atoms with Crippen LogP contribution in [-0.4, -0.2) is 12.8 Å². The molecule has 0 aromatic carbocycles. The molecule has 0 aromatic heterocycles. The SMILES string of the molecule is CC=N/C=C\CCN. The van der Waals surface area contributed by atoms with Gasteiger partial charge in [-0.3, -0.25) is 4.99 Å². The number of hydrogen-bond acceptors (Lipinski definition) is 2. The summed E-state index contributed by atoms with van der Waals surface area (Å²) >= 11 is 0. The first-order chi connectivity index (χ1) is 3.91. The molecule has 2 N–H and O–H groups in total. The van der Waals surface area contributed by atoms with E-state index in [0.29, 0.717) is 6.54 Å². The van der Waals surface area contributed by atoms with Crippen LogP contribution < -0.4 is 5.73 Å². The van der Waals surface area contributed by atoms with Crippen LogP contribution in [0.2, 0.25) is 0 Å². The second-order valence-electron chi connectivity index (χ2n) is 1.37. The first kappa shape index (κ1) is 7.37. The highest BCUT2D eigenvalue weighted by Crippen LogP contribution is 1.77. The van der Waals surface area contributed by atoms with E-state index in [2.05, 4.69) is 4.99 Å². The Bertz CT molecular complexity index is 84.5. The van der Waals surface area contributed by atoms with Gasteiger partial charge in [0.15, 0.2) is 0 Å². The molecule has 0 aliphatic heterocycles. The van der Waals surface area contributed by atoms with Crippen molar-refractivity contribution in [2.75, 3.05) is 6.54 Å². The average Bonchev–Trinajstić information content (AvgIpc) is 1.81. The standard InChI is InChI=1S/C6H12N2/c1-2-8-6-4-3-5-7/h2,4,6H,3,5,7H2,1H3/b6-4-,8-2?. The Kier molecular flexibility index (Phi) is 5.87. The maximum atomic E-state index is 5.21. The zero-order chi connectivity index (χ0) is 6.24. The van der Waals surface area contributed by atoms with Gasteiger partial charge in [0.25, 0.3) is 0 Å². The second kappa shape index (κ2) is 6.37. The van der Waals surface area contributed by atoms with Gasteiger partial charge in [0.1, 0.15) is 0 Å². The average molecular weight is 112 g/mol. The Balaban J connectivity index is 3.07. The van der Waals surface area contributed by atoms with Gasteiger partial charge in [-0.1, -0.05) is 6.08 Å². The Morgan fingerprint density at radius 3 is 2.88 bits per heavy atom. The van der Waals surface area contributed by atoms with Crippen molar-refractivity contribution in [1.29, 1.82) is 0 Å². The molecule has 0 heterocycles. The maximum Gasteiger partial charge on any atom is 0.0224 e. The topological polar surface area (TPSA) is 38.4 Å². The quantitative estimate of drug-likeness (QED) is 0.542. The molecule has 0 unspecified atom stereocenters. The lowest BCUT2D eigenvalue weighted by Crippen LogP contribution is -1.94. The number of rotatable bonds is 3. The van der Waals surface area contributed by atoms with Crippen LogP contribution in [0.3, 0.4) is 0 Å². The third-order valence-corrected chi connectivity index (χ3v) is 0.674. The summed E-state index contributed by atoms with van der Waals surface area (Å²) < 4.78 is 0. The van der Waals surface area contributed by atoms with Crippen LogP contribution in [0.15, 0.2) is 17.3 Å². The van der Waals surface area contributed by atoms with Gasteiger partial charge in [0, 0.05) is 12.4 Å². The molecule has 0 rings (SSSR count). The van der Waals surface area contributed by atoms with Crippen molar-refractivity contribution >= 4 is 6.21 Å². The van der Waals surface area contributed by atoms with E-state index in [1.165, 1.54) is 0 Å². The summed E-state index contributed by atoms with van der Waals surface area (Å²) in [7, 11) is 0. The Morgan fingerprint density at radius 1 is 1.62 bits per heavy atom. The van der Waals surface area contributed by atoms with Crippen LogP contribution >= 0.6 is 0 Å². The van der Waals surface area contributed by atoms with E-state index < -0.39 is 0 Å². The van der Waals surface area contributed by atoms with Gasteiger partial charge in [0.05, 0.1) is 0 Å². The third-order valence-electron chi connectivity index (χ3n) is 0.674. The molecule has 0 aliphatic rings. The highest BCUT2D eigenvalue weighted by atomic mass is 14.6. The Labute approximate surface area is 50.1 Å². The van der Waals surface area contributed by atoms with Crippen molar-refractivity contribution in [3.8, 4) is 0 Å². The summed E-state index contributed by atoms with van der Waals surface area (Å²) in [6, 6.07) is 0. The second-order valence-corrected chi connectivity index (χ2v) is 1.37. The normalized spacial score (nSPS) is 11.8. The molecule has 0 aromatic rings. The molecule has 2 nitrogen and oxygen atoms in total. The Morgan fingerprint density at radius 2 is 2.38 bits per heavy atom. The van der Waals surface area contributed by atoms with Gasteiger partial charge >= 0.3 is 0 Å². The molecule has 0 atom stereocenters. The summed E-state index contributed by atoms with van der Waals surface area (Å²) in [5, 5.41) is 0. The van der Waals surface area contributed by atoms with Gasteiger partial charge < -0.3 is 5.73 Å². The number of nitrogens with two attached hydrogens (primary N) is 1. The lowest BCUT2D eigenvalue weighted by Gasteiger charge is -1.79. The molecule has 0 bridgehead atoms. The molecule has 0 radical (unpaired) electrons. The van der Waals surface area contributed by atoms with Gasteiger partial charge in [-0.2, -0.15) is 0 Å². The Hall–Kier alpha value is -0.630. The van der Waals surface area contributed by atoms with Gasteiger partial charge in [0.2, 0.25) is 0 Å². The molecule has 2 heteroatoms. The van der Waals surface area contributed by atoms with Crippen LogP contribution in [0.25, 0.3) is 0 Å². The maximum absolute atomic E-state index is 5.21. The molecular formula is C6H12N2. The van der Waals surface area contributed by atoms with E-state index in [1.54, 1.807) is 12.4 Å². The van der Waals surface area contributed by atoms with Crippen molar-refractivity contribution in [3.63, 3.8) is 0 Å². The predicted molar refractivity (Wildman–Crippen MR) is 37.0 cm³/mol. The zero-order valence-corrected chi connectivity index (χ0v) is 5.17. The number of nitrogens with zero attached hydrogens (tertiary/aromatic N) is 1. The first-order valence-corrected chi connectivity index (χ1v) is 2.74. The smallest absolute Gasteiger partial charge is 0.0224 e. The van der Waals surface area contributed by atoms with E-state index >= 15 is 0 Å². The minimum atomic E-state index is 0.704. The van der Waals surface area contributed by atoms with Crippen molar-refractivity contribution in [2.45, 2.75) is 13.3 Å². The van der Waals surface area contributed by atoms with E-state index in [9.17, 15) is 0 Å². The molecule has 8 heavy (non-hydrogen) atoms. The van der Waals surface area contributed by atoms with Gasteiger partial charge in [-0.05, 0) is 19.9 Å². The highest BCUT2D eigenvalue weighted by molar-refractivity contribution is 5.54. The summed E-state index contributed by atoms with van der Waals surface area (Å²) in [6.07, 6.45) is 6.36. The zero-order valence-electron chi connectivity index (χ0n) is 5.17. The fraction of sp³-hybridized carbons (Fsp3) is 0.500. The first-order valence-electron chi connectivity index (χ1n) is 2.74. The lowest BCUT2D eigenvalue weighted by atomic mass is 10.4. The van der Waals surface area contributed by atoms with Crippen LogP contribution in [0.5, 0.6) is 0 Å². The molecule has 0 fully saturated rings. The summed E-state index contributed by atoms with van der Waals surface area (Å²) in [5.41, 5.74) is 5.21. The van der Waals surface area contributed by atoms with Crippen molar-refractivity contribution in [2.24, 2.45) is 10.7 Å². The molecular weight excluding hydrogens is 100 g/mol. The third kappa shape index (κ3) is 5.37. The van der Waals surface area contributed by atoms with Crippen LogP contribution in [0.4, 0.5) is 0 Å². The predicted octanol–water partition coefficient (Wildman–Crippen LogP) is 0.940. The monoisotopic (exact) mass is 112 g/mol. The minimum Gasteiger partial charge on any atom is -0.330 e. The van der Waals surface area contributed by atoms with E-state index in [-0.39, 0.29) is 0 Å². The molecule has 46 valence electrons. The van der Waals surface area contributed by atoms with Crippen LogP contribution in [0, 0.1) is 0 Å². The molecule has 0 saturated carbocycles. The van der Waals surface area contributed by atoms with Gasteiger partial charge in [-0.15, -0.1) is 0 Å². The molecule has 0 saturated heterocycles. The van der Waals surface area contributed by atoms with Gasteiger partial charge in [-0.25, -0.2) is 0 Å². The fourth-order valence-corrected chi connectivity index (χ4v) is 0.318. The molecule has 0 spiro atoms. The highest BCUT2D eigenvalue weighted by Gasteiger charge is 1.67. The van der Waals surface area contributed by atoms with Crippen molar-refractivity contribution in [3.05, 3.63) is 12.3 Å². The van der Waals surface area contributed by atoms with Crippen LogP contribution in [0.1, 0.15) is 13.3 Å².